The first-order chi connectivity index (χ1) is 13.5. The first-order valence-corrected chi connectivity index (χ1v) is 9.69. The van der Waals surface area contributed by atoms with E-state index < -0.39 is 4.92 Å². The molecule has 1 aliphatic rings. The van der Waals surface area contributed by atoms with Gasteiger partial charge in [-0.25, -0.2) is 0 Å². The highest BCUT2D eigenvalue weighted by Crippen LogP contribution is 2.27. The molecule has 3 rings (SSSR count). The number of rotatable bonds is 8. The lowest BCUT2D eigenvalue weighted by molar-refractivity contribution is -0.905. The first kappa shape index (κ1) is 19.8. The predicted octanol–water partition coefficient (Wildman–Crippen LogP) is 1.72. The Balaban J connectivity index is 1.41. The lowest BCUT2D eigenvalue weighted by atomic mass is 9.87. The SMILES string of the molecule is C[NH+](CC(=O)NCCNc1ccc([N+](=O)[O-])cc1)[C@H]1CCCc2ccccc21. The van der Waals surface area contributed by atoms with Crippen LogP contribution in [0.5, 0.6) is 0 Å². The quantitative estimate of drug-likeness (QED) is 0.368. The number of hydrogen-bond donors (Lipinski definition) is 3. The molecule has 2 atom stereocenters. The summed E-state index contributed by atoms with van der Waals surface area (Å²) >= 11 is 0. The van der Waals surface area contributed by atoms with Crippen molar-refractivity contribution in [3.63, 3.8) is 0 Å². The Hall–Kier alpha value is -2.93. The van der Waals surface area contributed by atoms with Gasteiger partial charge in [0.2, 0.25) is 0 Å². The normalized spacial score (nSPS) is 16.7. The molecule has 148 valence electrons. The summed E-state index contributed by atoms with van der Waals surface area (Å²) in [5.74, 6) is 0.0334. The minimum Gasteiger partial charge on any atom is -0.383 e. The van der Waals surface area contributed by atoms with Crippen LogP contribution in [-0.2, 0) is 11.2 Å². The van der Waals surface area contributed by atoms with Gasteiger partial charge < -0.3 is 15.5 Å². The number of hydrogen-bond acceptors (Lipinski definition) is 4. The van der Waals surface area contributed by atoms with Gasteiger partial charge in [-0.05, 0) is 30.5 Å². The number of carbonyl (C=O) groups excluding carboxylic acids is 1. The van der Waals surface area contributed by atoms with Crippen LogP contribution in [0.15, 0.2) is 48.5 Å². The lowest BCUT2D eigenvalue weighted by Crippen LogP contribution is -3.10. The van der Waals surface area contributed by atoms with E-state index in [-0.39, 0.29) is 11.6 Å². The highest BCUT2D eigenvalue weighted by molar-refractivity contribution is 5.76. The number of quaternary nitrogens is 1. The zero-order valence-electron chi connectivity index (χ0n) is 16.1. The number of nitro benzene ring substituents is 1. The number of nitrogens with zero attached hydrogens (tertiary/aromatic N) is 1. The molecule has 0 aliphatic heterocycles. The fourth-order valence-electron chi connectivity index (χ4n) is 3.81. The highest BCUT2D eigenvalue weighted by Gasteiger charge is 2.27. The first-order valence-electron chi connectivity index (χ1n) is 9.69. The summed E-state index contributed by atoms with van der Waals surface area (Å²) in [6, 6.07) is 15.2. The Morgan fingerprint density at radius 2 is 1.93 bits per heavy atom. The van der Waals surface area contributed by atoms with Gasteiger partial charge in [0.05, 0.1) is 12.0 Å². The smallest absolute Gasteiger partial charge is 0.275 e. The van der Waals surface area contributed by atoms with Crippen LogP contribution in [0.25, 0.3) is 0 Å². The summed E-state index contributed by atoms with van der Waals surface area (Å²) in [5, 5.41) is 16.8. The molecule has 1 unspecified atom stereocenters. The third-order valence-corrected chi connectivity index (χ3v) is 5.26. The van der Waals surface area contributed by atoms with Crippen molar-refractivity contribution < 1.29 is 14.6 Å². The van der Waals surface area contributed by atoms with Gasteiger partial charge in [0.1, 0.15) is 6.04 Å². The number of benzene rings is 2. The number of aryl methyl sites for hydroxylation is 1. The van der Waals surface area contributed by atoms with E-state index in [9.17, 15) is 14.9 Å². The number of nitro groups is 1. The second kappa shape index (κ2) is 9.32. The number of likely N-dealkylation sites (N-methyl/N-ethyl adjacent to an activating group) is 1. The largest absolute Gasteiger partial charge is 0.383 e. The van der Waals surface area contributed by atoms with E-state index in [4.69, 9.17) is 0 Å². The number of amides is 1. The van der Waals surface area contributed by atoms with Gasteiger partial charge in [-0.1, -0.05) is 24.3 Å². The second-order valence-electron chi connectivity index (χ2n) is 7.25. The lowest BCUT2D eigenvalue weighted by Gasteiger charge is -2.30. The number of anilines is 1. The van der Waals surface area contributed by atoms with Crippen LogP contribution in [0, 0.1) is 10.1 Å². The molecule has 0 aromatic heterocycles. The average molecular weight is 383 g/mol. The Labute approximate surface area is 164 Å². The van der Waals surface area contributed by atoms with Crippen molar-refractivity contribution in [2.24, 2.45) is 0 Å². The summed E-state index contributed by atoms with van der Waals surface area (Å²) < 4.78 is 0. The molecule has 1 amide bonds. The van der Waals surface area contributed by atoms with Crippen LogP contribution in [0.4, 0.5) is 11.4 Å². The molecule has 1 aliphatic carbocycles. The van der Waals surface area contributed by atoms with Crippen LogP contribution in [-0.4, -0.2) is 37.5 Å². The summed E-state index contributed by atoms with van der Waals surface area (Å²) in [4.78, 5) is 23.8. The maximum absolute atomic E-state index is 12.3. The van der Waals surface area contributed by atoms with Crippen molar-refractivity contribution >= 4 is 17.3 Å². The third-order valence-electron chi connectivity index (χ3n) is 5.26. The van der Waals surface area contributed by atoms with Crippen LogP contribution in [0.1, 0.15) is 30.0 Å². The standard InChI is InChI=1S/C21H26N4O3/c1-24(20-8-4-6-16-5-2-3-7-19(16)20)15-21(26)23-14-13-22-17-9-11-18(12-10-17)25(27)28/h2-3,5,7,9-12,20,22H,4,6,8,13-15H2,1H3,(H,23,26)/p+1/t20-/m0/s1. The van der Waals surface area contributed by atoms with E-state index >= 15 is 0 Å². The number of fused-ring (bicyclic) bond motifs is 1. The number of non-ortho nitro benzene ring substituents is 1. The predicted molar refractivity (Wildman–Crippen MR) is 108 cm³/mol. The van der Waals surface area contributed by atoms with E-state index in [1.54, 1.807) is 12.1 Å². The van der Waals surface area contributed by atoms with Gasteiger partial charge in [-0.3, -0.25) is 14.9 Å². The molecule has 0 spiro atoms. The molecule has 7 heteroatoms. The molecule has 2 aromatic carbocycles. The van der Waals surface area contributed by atoms with Crippen molar-refractivity contribution in [1.29, 1.82) is 0 Å². The summed E-state index contributed by atoms with van der Waals surface area (Å²) in [6.07, 6.45) is 3.40. The van der Waals surface area contributed by atoms with E-state index in [0.717, 1.165) is 18.5 Å². The average Bonchev–Trinajstić information content (AvgIpc) is 2.71. The molecular formula is C21H27N4O3+. The van der Waals surface area contributed by atoms with Crippen molar-refractivity contribution in [1.82, 2.24) is 5.32 Å². The maximum atomic E-state index is 12.3. The molecule has 0 heterocycles. The molecule has 0 saturated heterocycles. The molecule has 28 heavy (non-hydrogen) atoms. The molecular weight excluding hydrogens is 356 g/mol. The minimum absolute atomic E-state index is 0.0334. The Morgan fingerprint density at radius 1 is 1.18 bits per heavy atom. The fraction of sp³-hybridized carbons (Fsp3) is 0.381. The van der Waals surface area contributed by atoms with E-state index in [2.05, 4.69) is 41.9 Å². The maximum Gasteiger partial charge on any atom is 0.275 e. The topological polar surface area (TPSA) is 88.7 Å². The van der Waals surface area contributed by atoms with Crippen molar-refractivity contribution in [3.8, 4) is 0 Å². The van der Waals surface area contributed by atoms with Gasteiger partial charge in [0.25, 0.3) is 11.6 Å². The number of carbonyl (C=O) groups is 1. The Kier molecular flexibility index (Phi) is 6.60. The van der Waals surface area contributed by atoms with Crippen LogP contribution in [0.3, 0.4) is 0 Å². The third kappa shape index (κ3) is 5.07. The number of nitrogens with one attached hydrogen (secondary N) is 3. The van der Waals surface area contributed by atoms with E-state index in [1.807, 2.05) is 0 Å². The van der Waals surface area contributed by atoms with Gasteiger partial charge in [-0.2, -0.15) is 0 Å². The monoisotopic (exact) mass is 383 g/mol. The zero-order valence-corrected chi connectivity index (χ0v) is 16.1. The summed E-state index contributed by atoms with van der Waals surface area (Å²) in [6.45, 7) is 1.51. The second-order valence-corrected chi connectivity index (χ2v) is 7.25. The van der Waals surface area contributed by atoms with Gasteiger partial charge in [0, 0.05) is 42.9 Å². The van der Waals surface area contributed by atoms with Crippen molar-refractivity contribution in [3.05, 3.63) is 69.8 Å². The zero-order chi connectivity index (χ0) is 19.9. The summed E-state index contributed by atoms with van der Waals surface area (Å²) in [7, 11) is 2.08. The van der Waals surface area contributed by atoms with Crippen LogP contribution >= 0.6 is 0 Å². The van der Waals surface area contributed by atoms with Gasteiger partial charge in [0.15, 0.2) is 6.54 Å². The molecule has 0 saturated carbocycles. The Bertz CT molecular complexity index is 823. The van der Waals surface area contributed by atoms with Crippen molar-refractivity contribution in [2.75, 3.05) is 32.0 Å². The minimum atomic E-state index is -0.423. The van der Waals surface area contributed by atoms with Crippen LogP contribution < -0.4 is 15.5 Å². The molecule has 0 bridgehead atoms. The molecule has 0 fully saturated rings. The fourth-order valence-corrected chi connectivity index (χ4v) is 3.81. The molecule has 7 nitrogen and oxygen atoms in total. The van der Waals surface area contributed by atoms with Crippen molar-refractivity contribution in [2.45, 2.75) is 25.3 Å². The molecule has 3 N–H and O–H groups in total. The molecule has 2 aromatic rings. The molecule has 0 radical (unpaired) electrons. The van der Waals surface area contributed by atoms with E-state index in [1.165, 1.54) is 34.6 Å². The van der Waals surface area contributed by atoms with E-state index in [0.29, 0.717) is 25.7 Å². The Morgan fingerprint density at radius 3 is 2.68 bits per heavy atom. The summed E-state index contributed by atoms with van der Waals surface area (Å²) in [5.41, 5.74) is 3.64. The highest BCUT2D eigenvalue weighted by atomic mass is 16.6. The van der Waals surface area contributed by atoms with Gasteiger partial charge >= 0.3 is 0 Å². The van der Waals surface area contributed by atoms with Gasteiger partial charge in [-0.15, -0.1) is 0 Å². The van der Waals surface area contributed by atoms with Crippen LogP contribution in [0.2, 0.25) is 0 Å².